The third-order valence-electron chi connectivity index (χ3n) is 6.96. The van der Waals surface area contributed by atoms with Gasteiger partial charge in [-0.3, -0.25) is 4.79 Å². The van der Waals surface area contributed by atoms with Crippen LogP contribution in [0.3, 0.4) is 0 Å². The van der Waals surface area contributed by atoms with Gasteiger partial charge in [0.1, 0.15) is 0 Å². The van der Waals surface area contributed by atoms with Crippen molar-refractivity contribution in [2.45, 2.75) is 72.6 Å². The fourth-order valence-electron chi connectivity index (χ4n) is 5.57. The van der Waals surface area contributed by atoms with Crippen molar-refractivity contribution >= 4 is 5.97 Å². The average Bonchev–Trinajstić information content (AvgIpc) is 2.46. The Bertz CT molecular complexity index is 554. The molecule has 1 N–H and O–H groups in total. The van der Waals surface area contributed by atoms with Gasteiger partial charge in [-0.1, -0.05) is 44.4 Å². The SMILES string of the molecule is CC(C)C1=CC2=C(CC1)[C@@]1(C)CCC[C@@](C)(C(=O)O)[C@@H]1CC2. The maximum Gasteiger partial charge on any atom is 0.309 e. The molecule has 0 heterocycles. The van der Waals surface area contributed by atoms with Crippen LogP contribution in [0.5, 0.6) is 0 Å². The molecule has 2 nitrogen and oxygen atoms in total. The molecule has 0 amide bonds. The Morgan fingerprint density at radius 2 is 1.95 bits per heavy atom. The summed E-state index contributed by atoms with van der Waals surface area (Å²) < 4.78 is 0. The predicted molar refractivity (Wildman–Crippen MR) is 89.6 cm³/mol. The van der Waals surface area contributed by atoms with Crippen LogP contribution in [0.1, 0.15) is 72.6 Å². The van der Waals surface area contributed by atoms with E-state index in [9.17, 15) is 9.90 Å². The van der Waals surface area contributed by atoms with Crippen molar-refractivity contribution in [2.75, 3.05) is 0 Å². The second kappa shape index (κ2) is 5.25. The first-order valence-corrected chi connectivity index (χ1v) is 8.95. The molecule has 3 atom stereocenters. The molecule has 0 aromatic heterocycles. The average molecular weight is 302 g/mol. The molecule has 0 unspecified atom stereocenters. The first-order chi connectivity index (χ1) is 10.3. The van der Waals surface area contributed by atoms with Gasteiger partial charge in [0, 0.05) is 0 Å². The van der Waals surface area contributed by atoms with Gasteiger partial charge in [0.25, 0.3) is 0 Å². The van der Waals surface area contributed by atoms with Crippen molar-refractivity contribution in [3.05, 3.63) is 22.8 Å². The van der Waals surface area contributed by atoms with Gasteiger partial charge in [-0.15, -0.1) is 0 Å². The van der Waals surface area contributed by atoms with Crippen LogP contribution in [0.2, 0.25) is 0 Å². The minimum Gasteiger partial charge on any atom is -0.481 e. The zero-order valence-corrected chi connectivity index (χ0v) is 14.5. The van der Waals surface area contributed by atoms with Crippen LogP contribution in [0, 0.1) is 22.7 Å². The fraction of sp³-hybridized carbons (Fsp3) is 0.750. The topological polar surface area (TPSA) is 37.3 Å². The predicted octanol–water partition coefficient (Wildman–Crippen LogP) is 5.35. The van der Waals surface area contributed by atoms with E-state index in [1.807, 2.05) is 6.92 Å². The number of carbonyl (C=O) groups is 1. The second-order valence-corrected chi connectivity index (χ2v) is 8.46. The summed E-state index contributed by atoms with van der Waals surface area (Å²) in [5.41, 5.74) is 4.30. The van der Waals surface area contributed by atoms with E-state index in [1.165, 1.54) is 12.8 Å². The van der Waals surface area contributed by atoms with Crippen LogP contribution in [0.25, 0.3) is 0 Å². The molecule has 22 heavy (non-hydrogen) atoms. The van der Waals surface area contributed by atoms with Crippen LogP contribution in [-0.2, 0) is 4.79 Å². The van der Waals surface area contributed by atoms with Gasteiger partial charge < -0.3 is 5.11 Å². The summed E-state index contributed by atoms with van der Waals surface area (Å²) in [6.07, 6.45) is 9.97. The molecule has 3 rings (SSSR count). The molecule has 0 spiro atoms. The number of hydrogen-bond acceptors (Lipinski definition) is 1. The second-order valence-electron chi connectivity index (χ2n) is 8.46. The van der Waals surface area contributed by atoms with Gasteiger partial charge >= 0.3 is 5.97 Å². The van der Waals surface area contributed by atoms with E-state index < -0.39 is 11.4 Å². The lowest BCUT2D eigenvalue weighted by atomic mass is 9.48. The summed E-state index contributed by atoms with van der Waals surface area (Å²) >= 11 is 0. The molecule has 0 radical (unpaired) electrons. The Hall–Kier alpha value is -1.05. The lowest BCUT2D eigenvalue weighted by Crippen LogP contribution is -2.50. The number of rotatable bonds is 2. The van der Waals surface area contributed by atoms with Crippen molar-refractivity contribution in [1.29, 1.82) is 0 Å². The molecule has 0 aromatic carbocycles. The molecule has 0 saturated heterocycles. The molecular formula is C20H30O2. The number of fused-ring (bicyclic) bond motifs is 2. The zero-order chi connectivity index (χ0) is 16.1. The van der Waals surface area contributed by atoms with Gasteiger partial charge in [0.2, 0.25) is 0 Å². The Labute approximate surface area is 134 Å². The summed E-state index contributed by atoms with van der Waals surface area (Å²) in [6.45, 7) is 8.93. The van der Waals surface area contributed by atoms with Gasteiger partial charge in [-0.05, 0) is 68.3 Å². The molecule has 122 valence electrons. The van der Waals surface area contributed by atoms with Crippen LogP contribution in [0.4, 0.5) is 0 Å². The minimum absolute atomic E-state index is 0.109. The van der Waals surface area contributed by atoms with Crippen LogP contribution in [-0.4, -0.2) is 11.1 Å². The Balaban J connectivity index is 2.03. The molecule has 0 bridgehead atoms. The number of aliphatic carboxylic acids is 1. The Kier molecular flexibility index (Phi) is 3.78. The van der Waals surface area contributed by atoms with Crippen LogP contribution < -0.4 is 0 Å². The largest absolute Gasteiger partial charge is 0.481 e. The van der Waals surface area contributed by atoms with Crippen molar-refractivity contribution in [2.24, 2.45) is 22.7 Å². The molecule has 3 aliphatic rings. The summed E-state index contributed by atoms with van der Waals surface area (Å²) in [6, 6.07) is 0. The van der Waals surface area contributed by atoms with Gasteiger partial charge in [-0.2, -0.15) is 0 Å². The zero-order valence-electron chi connectivity index (χ0n) is 14.5. The monoisotopic (exact) mass is 302 g/mol. The molecule has 0 aliphatic heterocycles. The molecule has 1 fully saturated rings. The highest BCUT2D eigenvalue weighted by Gasteiger charge is 2.55. The quantitative estimate of drug-likeness (QED) is 0.746. The van der Waals surface area contributed by atoms with Crippen LogP contribution in [0.15, 0.2) is 22.8 Å². The van der Waals surface area contributed by atoms with E-state index in [0.29, 0.717) is 11.8 Å². The fourth-order valence-corrected chi connectivity index (χ4v) is 5.57. The standard InChI is InChI=1S/C20H30O2/c1-13(2)14-6-8-16-15(12-14)7-9-17-19(16,3)10-5-11-20(17,4)18(21)22/h12-13,17H,5-11H2,1-4H3,(H,21,22)/t17-,19-,20-/m1/s1. The highest BCUT2D eigenvalue weighted by atomic mass is 16.4. The molecule has 3 aliphatic carbocycles. The van der Waals surface area contributed by atoms with E-state index in [1.54, 1.807) is 16.7 Å². The number of hydrogen-bond donors (Lipinski definition) is 1. The van der Waals surface area contributed by atoms with E-state index in [-0.39, 0.29) is 5.41 Å². The summed E-state index contributed by atoms with van der Waals surface area (Å²) in [4.78, 5) is 11.9. The minimum atomic E-state index is -0.582. The van der Waals surface area contributed by atoms with E-state index in [2.05, 4.69) is 26.8 Å². The highest BCUT2D eigenvalue weighted by molar-refractivity contribution is 5.75. The summed E-state index contributed by atoms with van der Waals surface area (Å²) in [7, 11) is 0. The Morgan fingerprint density at radius 3 is 2.59 bits per heavy atom. The first-order valence-electron chi connectivity index (χ1n) is 8.95. The maximum atomic E-state index is 11.9. The van der Waals surface area contributed by atoms with E-state index in [4.69, 9.17) is 0 Å². The third kappa shape index (κ3) is 2.18. The van der Waals surface area contributed by atoms with E-state index >= 15 is 0 Å². The first kappa shape index (κ1) is 15.8. The molecule has 2 heteroatoms. The van der Waals surface area contributed by atoms with Crippen LogP contribution >= 0.6 is 0 Å². The number of allylic oxidation sites excluding steroid dienone is 4. The van der Waals surface area contributed by atoms with Crippen molar-refractivity contribution in [3.63, 3.8) is 0 Å². The van der Waals surface area contributed by atoms with Crippen molar-refractivity contribution in [1.82, 2.24) is 0 Å². The lowest BCUT2D eigenvalue weighted by molar-refractivity contribution is -0.159. The third-order valence-corrected chi connectivity index (χ3v) is 6.96. The summed E-state index contributed by atoms with van der Waals surface area (Å²) in [5.74, 6) is 0.357. The maximum absolute atomic E-state index is 11.9. The lowest BCUT2D eigenvalue weighted by Gasteiger charge is -2.55. The smallest absolute Gasteiger partial charge is 0.309 e. The van der Waals surface area contributed by atoms with Crippen molar-refractivity contribution in [3.8, 4) is 0 Å². The summed E-state index contributed by atoms with van der Waals surface area (Å²) in [5, 5.41) is 9.83. The molecule has 0 aromatic rings. The van der Waals surface area contributed by atoms with Gasteiger partial charge in [0.05, 0.1) is 5.41 Å². The normalized spacial score (nSPS) is 38.4. The molecular weight excluding hydrogens is 272 g/mol. The molecule has 1 saturated carbocycles. The van der Waals surface area contributed by atoms with Gasteiger partial charge in [0.15, 0.2) is 0 Å². The van der Waals surface area contributed by atoms with E-state index in [0.717, 1.165) is 32.1 Å². The van der Waals surface area contributed by atoms with Crippen molar-refractivity contribution < 1.29 is 9.90 Å². The highest BCUT2D eigenvalue weighted by Crippen LogP contribution is 2.61. The Morgan fingerprint density at radius 1 is 1.23 bits per heavy atom. The van der Waals surface area contributed by atoms with Gasteiger partial charge in [-0.25, -0.2) is 0 Å². The number of carboxylic acids is 1. The number of carboxylic acid groups (broad SMARTS) is 1.